The van der Waals surface area contributed by atoms with Crippen LogP contribution in [0.2, 0.25) is 0 Å². The highest BCUT2D eigenvalue weighted by atomic mass is 16.2. The molecule has 1 saturated heterocycles. The van der Waals surface area contributed by atoms with Crippen molar-refractivity contribution in [3.63, 3.8) is 0 Å². The van der Waals surface area contributed by atoms with Crippen molar-refractivity contribution in [2.24, 2.45) is 0 Å². The SMILES string of the molecule is Nc1ccc(=O)n(CC(=O)N2CCNCC2)c1. The molecule has 6 heteroatoms. The third-order valence-electron chi connectivity index (χ3n) is 2.78. The van der Waals surface area contributed by atoms with E-state index in [2.05, 4.69) is 5.32 Å². The van der Waals surface area contributed by atoms with Gasteiger partial charge in [-0.1, -0.05) is 0 Å². The molecule has 1 aliphatic heterocycles. The maximum atomic E-state index is 11.9. The summed E-state index contributed by atoms with van der Waals surface area (Å²) >= 11 is 0. The molecule has 3 N–H and O–H groups in total. The van der Waals surface area contributed by atoms with E-state index in [0.717, 1.165) is 13.1 Å². The Morgan fingerprint density at radius 1 is 1.35 bits per heavy atom. The number of nitrogens with two attached hydrogens (primary N) is 1. The van der Waals surface area contributed by atoms with Crippen LogP contribution in [-0.4, -0.2) is 41.6 Å². The number of pyridine rings is 1. The number of carbonyl (C=O) groups excluding carboxylic acids is 1. The predicted octanol–water partition coefficient (Wildman–Crippen LogP) is -1.14. The standard InChI is InChI=1S/C11H16N4O2/c12-9-1-2-10(16)15(7-9)8-11(17)14-5-3-13-4-6-14/h1-2,7,13H,3-6,8,12H2. The van der Waals surface area contributed by atoms with Crippen molar-refractivity contribution in [3.05, 3.63) is 28.7 Å². The summed E-state index contributed by atoms with van der Waals surface area (Å²) in [7, 11) is 0. The Bertz CT molecular complexity index is 463. The Hall–Kier alpha value is -1.82. The average molecular weight is 236 g/mol. The number of rotatable bonds is 2. The van der Waals surface area contributed by atoms with Gasteiger partial charge in [-0.15, -0.1) is 0 Å². The summed E-state index contributed by atoms with van der Waals surface area (Å²) < 4.78 is 1.35. The van der Waals surface area contributed by atoms with E-state index in [0.29, 0.717) is 18.8 Å². The molecular formula is C11H16N4O2. The van der Waals surface area contributed by atoms with Crippen LogP contribution in [0.15, 0.2) is 23.1 Å². The van der Waals surface area contributed by atoms with E-state index in [4.69, 9.17) is 5.73 Å². The molecule has 0 saturated carbocycles. The van der Waals surface area contributed by atoms with E-state index < -0.39 is 0 Å². The van der Waals surface area contributed by atoms with E-state index in [1.807, 2.05) is 0 Å². The van der Waals surface area contributed by atoms with Gasteiger partial charge in [0, 0.05) is 44.1 Å². The van der Waals surface area contributed by atoms with Gasteiger partial charge >= 0.3 is 0 Å². The van der Waals surface area contributed by atoms with Crippen LogP contribution < -0.4 is 16.6 Å². The summed E-state index contributed by atoms with van der Waals surface area (Å²) in [6.07, 6.45) is 1.50. The number of nitrogens with one attached hydrogen (secondary N) is 1. The highest BCUT2D eigenvalue weighted by Crippen LogP contribution is 1.99. The molecule has 2 heterocycles. The van der Waals surface area contributed by atoms with Crippen molar-refractivity contribution >= 4 is 11.6 Å². The Kier molecular flexibility index (Phi) is 3.43. The molecule has 0 unspecified atom stereocenters. The number of hydrogen-bond acceptors (Lipinski definition) is 4. The summed E-state index contributed by atoms with van der Waals surface area (Å²) in [6.45, 7) is 3.05. The lowest BCUT2D eigenvalue weighted by Gasteiger charge is -2.27. The zero-order chi connectivity index (χ0) is 12.3. The Morgan fingerprint density at radius 3 is 2.76 bits per heavy atom. The van der Waals surface area contributed by atoms with Gasteiger partial charge in [-0.25, -0.2) is 0 Å². The molecule has 0 atom stereocenters. The van der Waals surface area contributed by atoms with Crippen LogP contribution >= 0.6 is 0 Å². The van der Waals surface area contributed by atoms with Gasteiger partial charge in [0.1, 0.15) is 6.54 Å². The summed E-state index contributed by atoms with van der Waals surface area (Å²) in [5.74, 6) is -0.0424. The minimum atomic E-state index is -0.206. The molecule has 1 aromatic rings. The third-order valence-corrected chi connectivity index (χ3v) is 2.78. The first kappa shape index (κ1) is 11.7. The van der Waals surface area contributed by atoms with Gasteiger partial charge in [0.05, 0.1) is 0 Å². The van der Waals surface area contributed by atoms with Gasteiger partial charge in [-0.05, 0) is 6.07 Å². The van der Waals surface area contributed by atoms with Crippen molar-refractivity contribution in [2.75, 3.05) is 31.9 Å². The predicted molar refractivity (Wildman–Crippen MR) is 64.6 cm³/mol. The molecule has 1 fully saturated rings. The van der Waals surface area contributed by atoms with Crippen molar-refractivity contribution in [1.29, 1.82) is 0 Å². The largest absolute Gasteiger partial charge is 0.398 e. The number of anilines is 1. The molecule has 1 aliphatic rings. The number of carbonyl (C=O) groups is 1. The maximum absolute atomic E-state index is 11.9. The van der Waals surface area contributed by atoms with Gasteiger partial charge in [-0.2, -0.15) is 0 Å². The molecule has 0 radical (unpaired) electrons. The smallest absolute Gasteiger partial charge is 0.251 e. The summed E-state index contributed by atoms with van der Waals surface area (Å²) in [6, 6.07) is 2.91. The molecule has 1 amide bonds. The highest BCUT2D eigenvalue weighted by Gasteiger charge is 2.16. The molecule has 92 valence electrons. The molecule has 0 aliphatic carbocycles. The quantitative estimate of drug-likeness (QED) is 0.680. The lowest BCUT2D eigenvalue weighted by molar-refractivity contribution is -0.132. The van der Waals surface area contributed by atoms with E-state index in [-0.39, 0.29) is 18.0 Å². The van der Waals surface area contributed by atoms with Crippen molar-refractivity contribution in [2.45, 2.75) is 6.54 Å². The van der Waals surface area contributed by atoms with Crippen LogP contribution in [0.4, 0.5) is 5.69 Å². The zero-order valence-electron chi connectivity index (χ0n) is 9.56. The molecular weight excluding hydrogens is 220 g/mol. The molecule has 0 bridgehead atoms. The second-order valence-electron chi connectivity index (χ2n) is 4.06. The third kappa shape index (κ3) is 2.85. The molecule has 2 rings (SSSR count). The minimum absolute atomic E-state index is 0.0424. The monoisotopic (exact) mass is 236 g/mol. The highest BCUT2D eigenvalue weighted by molar-refractivity contribution is 5.76. The fraction of sp³-hybridized carbons (Fsp3) is 0.455. The lowest BCUT2D eigenvalue weighted by atomic mass is 10.3. The second kappa shape index (κ2) is 5.01. The molecule has 0 aromatic carbocycles. The topological polar surface area (TPSA) is 80.4 Å². The maximum Gasteiger partial charge on any atom is 0.251 e. The molecule has 1 aromatic heterocycles. The number of nitrogens with zero attached hydrogens (tertiary/aromatic N) is 2. The summed E-state index contributed by atoms with van der Waals surface area (Å²) in [5, 5.41) is 3.17. The number of aromatic nitrogens is 1. The lowest BCUT2D eigenvalue weighted by Crippen LogP contribution is -2.48. The van der Waals surface area contributed by atoms with Crippen LogP contribution in [0.25, 0.3) is 0 Å². The fourth-order valence-corrected chi connectivity index (χ4v) is 1.83. The van der Waals surface area contributed by atoms with Gasteiger partial charge < -0.3 is 20.5 Å². The Morgan fingerprint density at radius 2 is 2.06 bits per heavy atom. The number of amides is 1. The second-order valence-corrected chi connectivity index (χ2v) is 4.06. The van der Waals surface area contributed by atoms with Gasteiger partial charge in [0.25, 0.3) is 5.56 Å². The Labute approximate surface area is 99.0 Å². The number of nitrogen functional groups attached to an aromatic ring is 1. The Balaban J connectivity index is 2.07. The first-order valence-corrected chi connectivity index (χ1v) is 5.61. The van der Waals surface area contributed by atoms with E-state index in [9.17, 15) is 9.59 Å². The van der Waals surface area contributed by atoms with Gasteiger partial charge in [-0.3, -0.25) is 9.59 Å². The van der Waals surface area contributed by atoms with Crippen LogP contribution in [0.5, 0.6) is 0 Å². The van der Waals surface area contributed by atoms with Crippen LogP contribution in [0, 0.1) is 0 Å². The molecule has 17 heavy (non-hydrogen) atoms. The molecule has 0 spiro atoms. The molecule has 6 nitrogen and oxygen atoms in total. The van der Waals surface area contributed by atoms with E-state index >= 15 is 0 Å². The minimum Gasteiger partial charge on any atom is -0.398 e. The first-order chi connectivity index (χ1) is 8.16. The van der Waals surface area contributed by atoms with Crippen molar-refractivity contribution in [3.8, 4) is 0 Å². The normalized spacial score (nSPS) is 15.9. The van der Waals surface area contributed by atoms with Gasteiger partial charge in [0.2, 0.25) is 5.91 Å². The van der Waals surface area contributed by atoms with Crippen molar-refractivity contribution in [1.82, 2.24) is 14.8 Å². The van der Waals surface area contributed by atoms with E-state index in [1.54, 1.807) is 4.90 Å². The van der Waals surface area contributed by atoms with Crippen LogP contribution in [-0.2, 0) is 11.3 Å². The zero-order valence-corrected chi connectivity index (χ0v) is 9.56. The fourth-order valence-electron chi connectivity index (χ4n) is 1.83. The average Bonchev–Trinajstić information content (AvgIpc) is 2.35. The first-order valence-electron chi connectivity index (χ1n) is 5.61. The number of hydrogen-bond donors (Lipinski definition) is 2. The number of piperazine rings is 1. The summed E-state index contributed by atoms with van der Waals surface area (Å²) in [4.78, 5) is 25.2. The van der Waals surface area contributed by atoms with Crippen LogP contribution in [0.1, 0.15) is 0 Å². The summed E-state index contributed by atoms with van der Waals surface area (Å²) in [5.41, 5.74) is 5.87. The van der Waals surface area contributed by atoms with Gasteiger partial charge in [0.15, 0.2) is 0 Å². The van der Waals surface area contributed by atoms with Crippen molar-refractivity contribution < 1.29 is 4.79 Å². The van der Waals surface area contributed by atoms with Crippen LogP contribution in [0.3, 0.4) is 0 Å². The van der Waals surface area contributed by atoms with E-state index in [1.165, 1.54) is 22.9 Å².